The second-order valence-electron chi connectivity index (χ2n) is 5.52. The van der Waals surface area contributed by atoms with Crippen molar-refractivity contribution in [2.24, 2.45) is 5.16 Å². The summed E-state index contributed by atoms with van der Waals surface area (Å²) in [5.41, 5.74) is 8.70. The van der Waals surface area contributed by atoms with E-state index in [2.05, 4.69) is 20.4 Å². The summed E-state index contributed by atoms with van der Waals surface area (Å²) < 4.78 is 0. The molecule has 0 aliphatic carbocycles. The van der Waals surface area contributed by atoms with Crippen LogP contribution in [0.4, 0.5) is 5.82 Å². The van der Waals surface area contributed by atoms with Crippen LogP contribution < -0.4 is 11.1 Å². The van der Waals surface area contributed by atoms with Gasteiger partial charge in [-0.2, -0.15) is 0 Å². The van der Waals surface area contributed by atoms with Crippen molar-refractivity contribution in [2.45, 2.75) is 6.54 Å². The molecule has 0 saturated heterocycles. The summed E-state index contributed by atoms with van der Waals surface area (Å²) in [4.78, 5) is 20.7. The molecule has 7 nitrogen and oxygen atoms in total. The Kier molecular flexibility index (Phi) is 5.19. The van der Waals surface area contributed by atoms with Crippen LogP contribution in [0.5, 0.6) is 0 Å². The quantitative estimate of drug-likeness (QED) is 0.373. The van der Waals surface area contributed by atoms with Gasteiger partial charge >= 0.3 is 0 Å². The molecular weight excluding hydrogens is 330 g/mol. The van der Waals surface area contributed by atoms with E-state index in [0.29, 0.717) is 23.4 Å². The van der Waals surface area contributed by atoms with Crippen molar-refractivity contribution in [1.82, 2.24) is 15.3 Å². The predicted octanol–water partition coefficient (Wildman–Crippen LogP) is 2.46. The zero-order valence-electron chi connectivity index (χ0n) is 13.8. The van der Waals surface area contributed by atoms with Gasteiger partial charge in [0.15, 0.2) is 5.82 Å². The maximum atomic E-state index is 12.4. The van der Waals surface area contributed by atoms with Crippen molar-refractivity contribution < 1.29 is 10.0 Å². The van der Waals surface area contributed by atoms with Gasteiger partial charge in [-0.15, -0.1) is 0 Å². The molecule has 7 heteroatoms. The lowest BCUT2D eigenvalue weighted by Gasteiger charge is -2.08. The van der Waals surface area contributed by atoms with Crippen LogP contribution in [0.2, 0.25) is 0 Å². The molecule has 1 heterocycles. The third-order valence-electron chi connectivity index (χ3n) is 3.73. The minimum atomic E-state index is -0.184. The molecule has 0 bridgehead atoms. The summed E-state index contributed by atoms with van der Waals surface area (Å²) in [6, 6.07) is 16.7. The fourth-order valence-electron chi connectivity index (χ4n) is 2.40. The Hall–Kier alpha value is -3.74. The van der Waals surface area contributed by atoms with Crippen molar-refractivity contribution in [1.29, 1.82) is 0 Å². The fourth-order valence-corrected chi connectivity index (χ4v) is 2.40. The van der Waals surface area contributed by atoms with E-state index in [1.807, 2.05) is 36.4 Å². The van der Waals surface area contributed by atoms with E-state index in [4.69, 9.17) is 10.9 Å². The number of amides is 1. The molecule has 1 amide bonds. The first kappa shape index (κ1) is 17.1. The molecule has 0 spiro atoms. The number of nitrogen functional groups attached to an aromatic ring is 1. The third-order valence-corrected chi connectivity index (χ3v) is 3.73. The molecular formula is C19H17N5O2. The van der Waals surface area contributed by atoms with Crippen LogP contribution in [0.15, 0.2) is 65.9 Å². The highest BCUT2D eigenvalue weighted by molar-refractivity contribution is 5.95. The van der Waals surface area contributed by atoms with E-state index in [1.165, 1.54) is 6.20 Å². The smallest absolute Gasteiger partial charge is 0.251 e. The summed E-state index contributed by atoms with van der Waals surface area (Å²) in [6.07, 6.45) is 2.62. The number of oxime groups is 1. The lowest BCUT2D eigenvalue weighted by molar-refractivity contribution is 0.0951. The van der Waals surface area contributed by atoms with Gasteiger partial charge in [-0.3, -0.25) is 4.79 Å². The van der Waals surface area contributed by atoms with Gasteiger partial charge in [0.05, 0.1) is 18.1 Å². The highest BCUT2D eigenvalue weighted by Gasteiger charge is 2.09. The summed E-state index contributed by atoms with van der Waals surface area (Å²) in [5.74, 6) is -0.0282. The molecule has 26 heavy (non-hydrogen) atoms. The number of hydrogen-bond acceptors (Lipinski definition) is 6. The minimum Gasteiger partial charge on any atom is -0.411 e. The maximum absolute atomic E-state index is 12.4. The number of nitrogens with one attached hydrogen (secondary N) is 1. The van der Waals surface area contributed by atoms with E-state index in [9.17, 15) is 4.79 Å². The highest BCUT2D eigenvalue weighted by atomic mass is 16.4. The van der Waals surface area contributed by atoms with Gasteiger partial charge < -0.3 is 16.3 Å². The van der Waals surface area contributed by atoms with Crippen molar-refractivity contribution in [3.63, 3.8) is 0 Å². The Labute approximate surface area is 150 Å². The van der Waals surface area contributed by atoms with Gasteiger partial charge in [-0.1, -0.05) is 47.6 Å². The predicted molar refractivity (Wildman–Crippen MR) is 98.9 cm³/mol. The molecule has 0 radical (unpaired) electrons. The second kappa shape index (κ2) is 7.89. The first-order valence-electron chi connectivity index (χ1n) is 7.90. The lowest BCUT2D eigenvalue weighted by Crippen LogP contribution is -2.22. The summed E-state index contributed by atoms with van der Waals surface area (Å²) in [7, 11) is 0. The largest absolute Gasteiger partial charge is 0.411 e. The van der Waals surface area contributed by atoms with Crippen LogP contribution in [0.25, 0.3) is 11.3 Å². The average Bonchev–Trinajstić information content (AvgIpc) is 2.69. The topological polar surface area (TPSA) is 113 Å². The Morgan fingerprint density at radius 1 is 1.19 bits per heavy atom. The van der Waals surface area contributed by atoms with Gasteiger partial charge in [-0.05, 0) is 17.7 Å². The Morgan fingerprint density at radius 2 is 2.00 bits per heavy atom. The summed E-state index contributed by atoms with van der Waals surface area (Å²) >= 11 is 0. The van der Waals surface area contributed by atoms with Crippen LogP contribution in [-0.2, 0) is 6.54 Å². The standard InChI is InChI=1S/C19H17N5O2/c20-18-17(12-23-26)24-16(11-21-18)14-7-4-8-15(9-14)19(25)22-10-13-5-2-1-3-6-13/h1-9,11-12,26H,10H2,(H2,20,21)(H,22,25)/b23-12+. The van der Waals surface area contributed by atoms with E-state index in [0.717, 1.165) is 11.8 Å². The molecule has 3 aromatic rings. The molecule has 3 rings (SSSR count). The van der Waals surface area contributed by atoms with Crippen molar-refractivity contribution in [3.05, 3.63) is 77.6 Å². The van der Waals surface area contributed by atoms with Crippen LogP contribution in [-0.4, -0.2) is 27.3 Å². The van der Waals surface area contributed by atoms with E-state index in [-0.39, 0.29) is 17.4 Å². The summed E-state index contributed by atoms with van der Waals surface area (Å²) in [6.45, 7) is 0.447. The summed E-state index contributed by atoms with van der Waals surface area (Å²) in [5, 5.41) is 14.5. The Balaban J connectivity index is 1.79. The zero-order valence-corrected chi connectivity index (χ0v) is 13.8. The van der Waals surface area contributed by atoms with Gasteiger partial charge in [0.1, 0.15) is 5.69 Å². The fraction of sp³-hybridized carbons (Fsp3) is 0.0526. The second-order valence-corrected chi connectivity index (χ2v) is 5.52. The number of carbonyl (C=O) groups excluding carboxylic acids is 1. The number of aromatic nitrogens is 2. The maximum Gasteiger partial charge on any atom is 0.251 e. The van der Waals surface area contributed by atoms with Crippen LogP contribution in [0, 0.1) is 0 Å². The van der Waals surface area contributed by atoms with E-state index < -0.39 is 0 Å². The van der Waals surface area contributed by atoms with Crippen LogP contribution in [0.3, 0.4) is 0 Å². The highest BCUT2D eigenvalue weighted by Crippen LogP contribution is 2.19. The number of benzene rings is 2. The first-order valence-corrected chi connectivity index (χ1v) is 7.90. The van der Waals surface area contributed by atoms with Gasteiger partial charge in [0.25, 0.3) is 5.91 Å². The average molecular weight is 347 g/mol. The van der Waals surface area contributed by atoms with Gasteiger partial charge in [0, 0.05) is 17.7 Å². The van der Waals surface area contributed by atoms with Gasteiger partial charge in [0.2, 0.25) is 0 Å². The molecule has 0 atom stereocenters. The molecule has 2 aromatic carbocycles. The van der Waals surface area contributed by atoms with E-state index in [1.54, 1.807) is 18.2 Å². The molecule has 4 N–H and O–H groups in total. The molecule has 0 saturated carbocycles. The number of carbonyl (C=O) groups is 1. The van der Waals surface area contributed by atoms with Crippen molar-refractivity contribution in [3.8, 4) is 11.3 Å². The van der Waals surface area contributed by atoms with Gasteiger partial charge in [-0.25, -0.2) is 9.97 Å². The van der Waals surface area contributed by atoms with E-state index >= 15 is 0 Å². The number of nitrogens with zero attached hydrogens (tertiary/aromatic N) is 3. The third kappa shape index (κ3) is 4.02. The first-order chi connectivity index (χ1) is 12.7. The number of anilines is 1. The monoisotopic (exact) mass is 347 g/mol. The molecule has 130 valence electrons. The van der Waals surface area contributed by atoms with Crippen molar-refractivity contribution >= 4 is 17.9 Å². The Bertz CT molecular complexity index is 942. The SMILES string of the molecule is Nc1ncc(-c2cccc(C(=O)NCc3ccccc3)c2)nc1/C=N/O. The molecule has 0 aliphatic heterocycles. The van der Waals surface area contributed by atoms with Crippen LogP contribution in [0.1, 0.15) is 21.6 Å². The Morgan fingerprint density at radius 3 is 2.77 bits per heavy atom. The minimum absolute atomic E-state index is 0.156. The molecule has 0 aliphatic rings. The lowest BCUT2D eigenvalue weighted by atomic mass is 10.1. The van der Waals surface area contributed by atoms with Crippen molar-refractivity contribution in [2.75, 3.05) is 5.73 Å². The van der Waals surface area contributed by atoms with Crippen LogP contribution >= 0.6 is 0 Å². The molecule has 0 unspecified atom stereocenters. The molecule has 0 fully saturated rings. The number of hydrogen-bond donors (Lipinski definition) is 3. The molecule has 1 aromatic heterocycles. The normalized spacial score (nSPS) is 10.8. The zero-order chi connectivity index (χ0) is 18.4. The number of nitrogens with two attached hydrogens (primary N) is 1. The number of rotatable bonds is 5.